The third-order valence-corrected chi connectivity index (χ3v) is 5.01. The van der Waals surface area contributed by atoms with Crippen LogP contribution < -0.4 is 25.1 Å². The number of para-hydroxylation sites is 1. The van der Waals surface area contributed by atoms with Crippen molar-refractivity contribution in [3.8, 4) is 17.2 Å². The van der Waals surface area contributed by atoms with Gasteiger partial charge in [0.2, 0.25) is 0 Å². The fourth-order valence-corrected chi connectivity index (χ4v) is 3.36. The molecule has 0 bridgehead atoms. The molecule has 3 aromatic rings. The molecule has 7 nitrogen and oxygen atoms in total. The second-order valence-electron chi connectivity index (χ2n) is 6.30. The largest absolute Gasteiger partial charge is 0.496 e. The topological polar surface area (TPSA) is 85.9 Å². The maximum atomic E-state index is 12.4. The summed E-state index contributed by atoms with van der Waals surface area (Å²) in [7, 11) is 1.56. The van der Waals surface area contributed by atoms with Crippen molar-refractivity contribution >= 4 is 34.4 Å². The Balaban J connectivity index is 1.49. The SMILES string of the molecule is COc1ccc(C(=O)NNC(=O)c2cccc(OCCOc3ccccc3)c2)cc1I. The summed E-state index contributed by atoms with van der Waals surface area (Å²) >= 11 is 2.08. The number of methoxy groups -OCH3 is 1. The zero-order valence-corrected chi connectivity index (χ0v) is 18.9. The summed E-state index contributed by atoms with van der Waals surface area (Å²) in [6.07, 6.45) is 0. The molecule has 0 fully saturated rings. The first kappa shape index (κ1) is 22.4. The van der Waals surface area contributed by atoms with Crippen LogP contribution in [0.2, 0.25) is 0 Å². The fraction of sp³-hybridized carbons (Fsp3) is 0.130. The van der Waals surface area contributed by atoms with Gasteiger partial charge < -0.3 is 14.2 Å². The van der Waals surface area contributed by atoms with Crippen LogP contribution in [0.4, 0.5) is 0 Å². The van der Waals surface area contributed by atoms with Crippen LogP contribution in [0.25, 0.3) is 0 Å². The van der Waals surface area contributed by atoms with Crippen molar-refractivity contribution in [3.05, 3.63) is 87.5 Å². The van der Waals surface area contributed by atoms with E-state index in [9.17, 15) is 9.59 Å². The third kappa shape index (κ3) is 6.61. The minimum absolute atomic E-state index is 0.326. The van der Waals surface area contributed by atoms with E-state index >= 15 is 0 Å². The molecule has 0 saturated heterocycles. The molecule has 0 aliphatic heterocycles. The number of rotatable bonds is 8. The quantitative estimate of drug-likeness (QED) is 0.262. The van der Waals surface area contributed by atoms with Crippen molar-refractivity contribution in [1.29, 1.82) is 0 Å². The predicted octanol–water partition coefficient (Wildman–Crippen LogP) is 3.83. The highest BCUT2D eigenvalue weighted by Crippen LogP contribution is 2.21. The van der Waals surface area contributed by atoms with Crippen LogP contribution in [0, 0.1) is 3.57 Å². The number of nitrogens with one attached hydrogen (secondary N) is 2. The number of ether oxygens (including phenoxy) is 3. The highest BCUT2D eigenvalue weighted by atomic mass is 127. The van der Waals surface area contributed by atoms with Crippen molar-refractivity contribution < 1.29 is 23.8 Å². The average molecular weight is 532 g/mol. The molecule has 0 heterocycles. The van der Waals surface area contributed by atoms with Gasteiger partial charge in [0.05, 0.1) is 10.7 Å². The molecule has 2 N–H and O–H groups in total. The minimum Gasteiger partial charge on any atom is -0.496 e. The van der Waals surface area contributed by atoms with Gasteiger partial charge in [0.25, 0.3) is 11.8 Å². The van der Waals surface area contributed by atoms with E-state index in [1.807, 2.05) is 30.3 Å². The number of hydrogen-bond donors (Lipinski definition) is 2. The van der Waals surface area contributed by atoms with Gasteiger partial charge in [-0.05, 0) is 71.1 Å². The second-order valence-corrected chi connectivity index (χ2v) is 7.46. The Bertz CT molecular complexity index is 1040. The molecule has 0 saturated carbocycles. The maximum Gasteiger partial charge on any atom is 0.269 e. The van der Waals surface area contributed by atoms with E-state index in [0.29, 0.717) is 35.8 Å². The highest BCUT2D eigenvalue weighted by Gasteiger charge is 2.12. The Morgan fingerprint density at radius 2 is 1.39 bits per heavy atom. The van der Waals surface area contributed by atoms with Crippen molar-refractivity contribution in [2.24, 2.45) is 0 Å². The van der Waals surface area contributed by atoms with Crippen molar-refractivity contribution in [3.63, 3.8) is 0 Å². The Hall–Kier alpha value is -3.27. The van der Waals surface area contributed by atoms with Gasteiger partial charge in [0.15, 0.2) is 0 Å². The molecule has 0 aromatic heterocycles. The predicted molar refractivity (Wildman–Crippen MR) is 125 cm³/mol. The third-order valence-electron chi connectivity index (χ3n) is 4.16. The van der Waals surface area contributed by atoms with Crippen LogP contribution in [0.3, 0.4) is 0 Å². The Labute approximate surface area is 193 Å². The lowest BCUT2D eigenvalue weighted by Crippen LogP contribution is -2.41. The van der Waals surface area contributed by atoms with E-state index in [4.69, 9.17) is 14.2 Å². The summed E-state index contributed by atoms with van der Waals surface area (Å²) in [5, 5.41) is 0. The zero-order valence-electron chi connectivity index (χ0n) is 16.8. The number of benzene rings is 3. The lowest BCUT2D eigenvalue weighted by atomic mass is 10.2. The first-order chi connectivity index (χ1) is 15.1. The van der Waals surface area contributed by atoms with Crippen LogP contribution >= 0.6 is 22.6 Å². The van der Waals surface area contributed by atoms with Gasteiger partial charge >= 0.3 is 0 Å². The summed E-state index contributed by atoms with van der Waals surface area (Å²) < 4.78 is 17.2. The van der Waals surface area contributed by atoms with Gasteiger partial charge in [-0.25, -0.2) is 0 Å². The molecule has 3 rings (SSSR count). The summed E-state index contributed by atoms with van der Waals surface area (Å²) in [5.74, 6) is 1.08. The highest BCUT2D eigenvalue weighted by molar-refractivity contribution is 14.1. The molecule has 160 valence electrons. The number of carbonyl (C=O) groups is 2. The summed E-state index contributed by atoms with van der Waals surface area (Å²) in [5.41, 5.74) is 5.57. The van der Waals surface area contributed by atoms with E-state index in [-0.39, 0.29) is 0 Å². The van der Waals surface area contributed by atoms with Gasteiger partial charge in [-0.15, -0.1) is 0 Å². The van der Waals surface area contributed by atoms with E-state index in [0.717, 1.165) is 9.32 Å². The summed E-state index contributed by atoms with van der Waals surface area (Å²) in [6, 6.07) is 21.1. The zero-order chi connectivity index (χ0) is 22.1. The van der Waals surface area contributed by atoms with Gasteiger partial charge in [-0.2, -0.15) is 0 Å². The molecule has 0 atom stereocenters. The normalized spacial score (nSPS) is 10.1. The van der Waals surface area contributed by atoms with Crippen molar-refractivity contribution in [1.82, 2.24) is 10.9 Å². The number of hydrazine groups is 1. The second kappa shape index (κ2) is 11.2. The van der Waals surface area contributed by atoms with Crippen LogP contribution in [-0.2, 0) is 0 Å². The van der Waals surface area contributed by atoms with Crippen LogP contribution in [0.5, 0.6) is 17.2 Å². The fourth-order valence-electron chi connectivity index (χ4n) is 2.63. The molecule has 0 spiro atoms. The lowest BCUT2D eigenvalue weighted by molar-refractivity contribution is 0.0846. The van der Waals surface area contributed by atoms with Gasteiger partial charge in [0.1, 0.15) is 30.5 Å². The van der Waals surface area contributed by atoms with Crippen molar-refractivity contribution in [2.75, 3.05) is 20.3 Å². The monoisotopic (exact) mass is 532 g/mol. The first-order valence-corrected chi connectivity index (χ1v) is 10.5. The van der Waals surface area contributed by atoms with Gasteiger partial charge in [-0.3, -0.25) is 20.4 Å². The Morgan fingerprint density at radius 1 is 0.774 bits per heavy atom. The number of halogens is 1. The number of hydrogen-bond acceptors (Lipinski definition) is 5. The maximum absolute atomic E-state index is 12.4. The summed E-state index contributed by atoms with van der Waals surface area (Å²) in [6.45, 7) is 0.698. The molecule has 31 heavy (non-hydrogen) atoms. The molecular weight excluding hydrogens is 511 g/mol. The average Bonchev–Trinajstić information content (AvgIpc) is 2.81. The van der Waals surface area contributed by atoms with Crippen LogP contribution in [-0.4, -0.2) is 32.1 Å². The minimum atomic E-state index is -0.456. The van der Waals surface area contributed by atoms with Crippen molar-refractivity contribution in [2.45, 2.75) is 0 Å². The molecule has 3 aromatic carbocycles. The molecule has 0 aliphatic carbocycles. The lowest BCUT2D eigenvalue weighted by Gasteiger charge is -2.11. The standard InChI is InChI=1S/C23H21IN2O5/c1-29-21-11-10-17(15-20(21)24)23(28)26-25-22(27)16-6-5-9-19(14-16)31-13-12-30-18-7-3-2-4-8-18/h2-11,14-15H,12-13H2,1H3,(H,25,27)(H,26,28). The summed E-state index contributed by atoms with van der Waals surface area (Å²) in [4.78, 5) is 24.7. The van der Waals surface area contributed by atoms with Crippen LogP contribution in [0.1, 0.15) is 20.7 Å². The van der Waals surface area contributed by atoms with Gasteiger partial charge in [-0.1, -0.05) is 24.3 Å². The first-order valence-electron chi connectivity index (χ1n) is 9.42. The molecule has 8 heteroatoms. The Kier molecular flexibility index (Phi) is 8.11. The number of carbonyl (C=O) groups excluding carboxylic acids is 2. The van der Waals surface area contributed by atoms with Gasteiger partial charge in [0, 0.05) is 11.1 Å². The molecule has 2 amide bonds. The molecule has 0 unspecified atom stereocenters. The van der Waals surface area contributed by atoms with E-state index in [1.54, 1.807) is 49.6 Å². The van der Waals surface area contributed by atoms with E-state index in [2.05, 4.69) is 33.4 Å². The number of amides is 2. The molecule has 0 aliphatic rings. The Morgan fingerprint density at radius 3 is 2.03 bits per heavy atom. The van der Waals surface area contributed by atoms with E-state index in [1.165, 1.54) is 0 Å². The van der Waals surface area contributed by atoms with E-state index < -0.39 is 11.8 Å². The molecule has 0 radical (unpaired) electrons. The molecular formula is C23H21IN2O5. The van der Waals surface area contributed by atoms with Crippen LogP contribution in [0.15, 0.2) is 72.8 Å². The smallest absolute Gasteiger partial charge is 0.269 e.